The number of pyridine rings is 1. The molecule has 1 saturated heterocycles. The number of aromatic nitrogens is 3. The monoisotopic (exact) mass is 394 g/mol. The number of hydrogen-bond donors (Lipinski definition) is 0. The third-order valence-corrected chi connectivity index (χ3v) is 5.95. The molecule has 0 aliphatic carbocycles. The molecule has 0 radical (unpaired) electrons. The lowest BCUT2D eigenvalue weighted by Crippen LogP contribution is -2.36. The zero-order valence-corrected chi connectivity index (χ0v) is 17.6. The number of nitrogens with zero attached hydrogens (tertiary/aromatic N) is 6. The van der Waals surface area contributed by atoms with E-state index in [1.807, 2.05) is 37.5 Å². The minimum atomic E-state index is 0.121. The maximum absolute atomic E-state index is 11.6. The van der Waals surface area contributed by atoms with Gasteiger partial charge in [0, 0.05) is 83.1 Å². The fourth-order valence-corrected chi connectivity index (χ4v) is 4.40. The van der Waals surface area contributed by atoms with E-state index >= 15 is 0 Å². The summed E-state index contributed by atoms with van der Waals surface area (Å²) in [6.07, 6.45) is 6.90. The fraction of sp³-hybridized carbons (Fsp3) is 0.545. The van der Waals surface area contributed by atoms with Crippen LogP contribution in [0.15, 0.2) is 24.5 Å². The molecule has 1 fully saturated rings. The SMILES string of the molecule is CC(=O)N1CCc2nc(C3CCCN(Cc4cccnc4N(C)C)C3)ncc2C1. The fourth-order valence-electron chi connectivity index (χ4n) is 4.40. The molecule has 1 amide bonds. The molecule has 2 aliphatic heterocycles. The zero-order valence-electron chi connectivity index (χ0n) is 17.6. The predicted octanol–water partition coefficient (Wildman–Crippen LogP) is 2.22. The van der Waals surface area contributed by atoms with Gasteiger partial charge >= 0.3 is 0 Å². The third kappa shape index (κ3) is 4.40. The molecule has 29 heavy (non-hydrogen) atoms. The summed E-state index contributed by atoms with van der Waals surface area (Å²) < 4.78 is 0. The van der Waals surface area contributed by atoms with Crippen molar-refractivity contribution in [2.75, 3.05) is 38.6 Å². The summed E-state index contributed by atoms with van der Waals surface area (Å²) in [5, 5.41) is 0. The molecule has 1 atom stereocenters. The molecule has 0 saturated carbocycles. The molecule has 154 valence electrons. The Hall–Kier alpha value is -2.54. The molecular formula is C22H30N6O. The second-order valence-corrected chi connectivity index (χ2v) is 8.35. The van der Waals surface area contributed by atoms with Crippen LogP contribution in [0.1, 0.15) is 48.3 Å². The van der Waals surface area contributed by atoms with Gasteiger partial charge < -0.3 is 9.80 Å². The molecule has 0 bridgehead atoms. The number of carbonyl (C=O) groups excluding carboxylic acids is 1. The lowest BCUT2D eigenvalue weighted by atomic mass is 9.96. The number of carbonyl (C=O) groups is 1. The van der Waals surface area contributed by atoms with Gasteiger partial charge in [-0.2, -0.15) is 0 Å². The lowest BCUT2D eigenvalue weighted by Gasteiger charge is -2.33. The predicted molar refractivity (Wildman–Crippen MR) is 113 cm³/mol. The number of fused-ring (bicyclic) bond motifs is 1. The third-order valence-electron chi connectivity index (χ3n) is 5.95. The van der Waals surface area contributed by atoms with E-state index in [2.05, 4.69) is 20.9 Å². The van der Waals surface area contributed by atoms with Crippen LogP contribution < -0.4 is 4.90 Å². The summed E-state index contributed by atoms with van der Waals surface area (Å²) in [5.74, 6) is 2.48. The molecule has 2 aromatic heterocycles. The van der Waals surface area contributed by atoms with Crippen molar-refractivity contribution >= 4 is 11.7 Å². The van der Waals surface area contributed by atoms with E-state index in [-0.39, 0.29) is 5.91 Å². The number of rotatable bonds is 4. The minimum absolute atomic E-state index is 0.121. The molecule has 0 aromatic carbocycles. The van der Waals surface area contributed by atoms with E-state index in [9.17, 15) is 4.79 Å². The Bertz CT molecular complexity index is 883. The van der Waals surface area contributed by atoms with Crippen LogP contribution in [0.4, 0.5) is 5.82 Å². The Morgan fingerprint density at radius 1 is 1.28 bits per heavy atom. The van der Waals surface area contributed by atoms with Gasteiger partial charge in [0.1, 0.15) is 11.6 Å². The first-order chi connectivity index (χ1) is 14.0. The van der Waals surface area contributed by atoms with Gasteiger partial charge in [-0.1, -0.05) is 6.07 Å². The van der Waals surface area contributed by atoms with E-state index in [0.717, 1.165) is 68.3 Å². The Labute approximate surface area is 172 Å². The van der Waals surface area contributed by atoms with Crippen molar-refractivity contribution in [1.82, 2.24) is 24.8 Å². The number of anilines is 1. The van der Waals surface area contributed by atoms with Crippen LogP contribution in [0.25, 0.3) is 0 Å². The first kappa shape index (κ1) is 19.8. The van der Waals surface area contributed by atoms with Gasteiger partial charge in [-0.15, -0.1) is 0 Å². The van der Waals surface area contributed by atoms with E-state index in [0.29, 0.717) is 12.5 Å². The Morgan fingerprint density at radius 3 is 2.93 bits per heavy atom. The Balaban J connectivity index is 1.46. The highest BCUT2D eigenvalue weighted by molar-refractivity contribution is 5.73. The van der Waals surface area contributed by atoms with Crippen LogP contribution in [0.5, 0.6) is 0 Å². The van der Waals surface area contributed by atoms with Crippen molar-refractivity contribution in [3.05, 3.63) is 47.2 Å². The summed E-state index contributed by atoms with van der Waals surface area (Å²) in [7, 11) is 4.08. The molecule has 0 N–H and O–H groups in total. The van der Waals surface area contributed by atoms with Gasteiger partial charge in [0.2, 0.25) is 5.91 Å². The van der Waals surface area contributed by atoms with Crippen molar-refractivity contribution < 1.29 is 4.79 Å². The van der Waals surface area contributed by atoms with E-state index in [1.165, 1.54) is 5.56 Å². The maximum atomic E-state index is 11.6. The van der Waals surface area contributed by atoms with Crippen molar-refractivity contribution in [3.63, 3.8) is 0 Å². The average molecular weight is 395 g/mol. The molecule has 0 spiro atoms. The molecule has 4 heterocycles. The van der Waals surface area contributed by atoms with Gasteiger partial charge in [0.05, 0.1) is 5.69 Å². The Kier molecular flexibility index (Phi) is 5.76. The quantitative estimate of drug-likeness (QED) is 0.792. The van der Waals surface area contributed by atoms with Crippen molar-refractivity contribution in [2.45, 2.75) is 45.2 Å². The number of hydrogen-bond acceptors (Lipinski definition) is 6. The van der Waals surface area contributed by atoms with Gasteiger partial charge in [0.15, 0.2) is 0 Å². The van der Waals surface area contributed by atoms with Crippen LogP contribution in [0, 0.1) is 0 Å². The maximum Gasteiger partial charge on any atom is 0.219 e. The zero-order chi connectivity index (χ0) is 20.4. The van der Waals surface area contributed by atoms with Crippen LogP contribution in [0.3, 0.4) is 0 Å². The second-order valence-electron chi connectivity index (χ2n) is 8.35. The molecule has 1 unspecified atom stereocenters. The summed E-state index contributed by atoms with van der Waals surface area (Å²) in [6.45, 7) is 5.98. The summed E-state index contributed by atoms with van der Waals surface area (Å²) >= 11 is 0. The highest BCUT2D eigenvalue weighted by Crippen LogP contribution is 2.28. The smallest absolute Gasteiger partial charge is 0.219 e. The van der Waals surface area contributed by atoms with Crippen LogP contribution in [0.2, 0.25) is 0 Å². The highest BCUT2D eigenvalue weighted by Gasteiger charge is 2.26. The first-order valence-electron chi connectivity index (χ1n) is 10.4. The van der Waals surface area contributed by atoms with Crippen molar-refractivity contribution in [3.8, 4) is 0 Å². The van der Waals surface area contributed by atoms with E-state index in [1.54, 1.807) is 6.92 Å². The number of amides is 1. The van der Waals surface area contributed by atoms with Crippen LogP contribution in [-0.2, 0) is 24.3 Å². The van der Waals surface area contributed by atoms with Crippen LogP contribution in [-0.4, -0.2) is 64.4 Å². The first-order valence-corrected chi connectivity index (χ1v) is 10.4. The van der Waals surface area contributed by atoms with Gasteiger partial charge in [0.25, 0.3) is 0 Å². The molecule has 2 aliphatic rings. The van der Waals surface area contributed by atoms with E-state index in [4.69, 9.17) is 9.97 Å². The number of likely N-dealkylation sites (tertiary alicyclic amines) is 1. The largest absolute Gasteiger partial charge is 0.362 e. The standard InChI is InChI=1S/C22H30N6O/c1-16(29)28-11-8-20-19(15-28)12-24-21(25-20)17-7-5-10-27(13-17)14-18-6-4-9-23-22(18)26(2)3/h4,6,9,12,17H,5,7-8,10-11,13-15H2,1-3H3. The van der Waals surface area contributed by atoms with Crippen LogP contribution >= 0.6 is 0 Å². The summed E-state index contributed by atoms with van der Waals surface area (Å²) in [6, 6.07) is 4.18. The van der Waals surface area contributed by atoms with Crippen molar-refractivity contribution in [1.29, 1.82) is 0 Å². The summed E-state index contributed by atoms with van der Waals surface area (Å²) in [4.78, 5) is 32.2. The molecule has 2 aromatic rings. The minimum Gasteiger partial charge on any atom is -0.362 e. The molecule has 7 nitrogen and oxygen atoms in total. The summed E-state index contributed by atoms with van der Waals surface area (Å²) in [5.41, 5.74) is 3.47. The highest BCUT2D eigenvalue weighted by atomic mass is 16.2. The molecule has 4 rings (SSSR count). The topological polar surface area (TPSA) is 65.5 Å². The molecule has 7 heteroatoms. The van der Waals surface area contributed by atoms with Gasteiger partial charge in [-0.3, -0.25) is 9.69 Å². The normalized spacial score (nSPS) is 19.7. The Morgan fingerprint density at radius 2 is 2.14 bits per heavy atom. The molecular weight excluding hydrogens is 364 g/mol. The van der Waals surface area contributed by atoms with E-state index < -0.39 is 0 Å². The average Bonchev–Trinajstić information content (AvgIpc) is 2.73. The van der Waals surface area contributed by atoms with Crippen molar-refractivity contribution in [2.24, 2.45) is 0 Å². The lowest BCUT2D eigenvalue weighted by molar-refractivity contribution is -0.129. The second kappa shape index (κ2) is 8.45. The number of piperidine rings is 1. The van der Waals surface area contributed by atoms with Gasteiger partial charge in [-0.25, -0.2) is 15.0 Å². The van der Waals surface area contributed by atoms with Gasteiger partial charge in [-0.05, 0) is 25.5 Å².